The Balaban J connectivity index is 0.00000200. The van der Waals surface area contributed by atoms with Crippen LogP contribution < -0.4 is 5.73 Å². The Morgan fingerprint density at radius 2 is 2.15 bits per heavy atom. The Hall–Kier alpha value is -1.07. The number of hydrogen-bond acceptors (Lipinski definition) is 3. The molecule has 0 saturated carbocycles. The number of aromatic nitrogens is 2. The number of carbonyl (C=O) groups excluding carboxylic acids is 1. The normalized spacial score (nSPS) is 19.1. The maximum absolute atomic E-state index is 12.5. The van der Waals surface area contributed by atoms with Crippen molar-refractivity contribution in [3.63, 3.8) is 0 Å². The number of rotatable bonds is 2. The van der Waals surface area contributed by atoms with E-state index in [4.69, 9.17) is 5.73 Å². The number of amides is 1. The van der Waals surface area contributed by atoms with Gasteiger partial charge in [-0.2, -0.15) is 5.10 Å². The summed E-state index contributed by atoms with van der Waals surface area (Å²) in [5.41, 5.74) is 7.25. The fourth-order valence-corrected chi connectivity index (χ4v) is 2.41. The number of aryl methyl sites for hydroxylation is 1. The highest BCUT2D eigenvalue weighted by molar-refractivity contribution is 5.93. The highest BCUT2D eigenvalue weighted by Crippen LogP contribution is 2.23. The molecular formula is C14H25ClN4O. The van der Waals surface area contributed by atoms with Crippen molar-refractivity contribution in [2.24, 2.45) is 18.7 Å². The molecule has 1 amide bonds. The maximum Gasteiger partial charge on any atom is 0.272 e. The van der Waals surface area contributed by atoms with Crippen LogP contribution in [0.3, 0.4) is 0 Å². The Bertz CT molecular complexity index is 478. The zero-order chi connectivity index (χ0) is 14.2. The van der Waals surface area contributed by atoms with Gasteiger partial charge in [0.1, 0.15) is 5.69 Å². The second kappa shape index (κ2) is 6.14. The standard InChI is InChI=1S/C14H24N4O.ClH/c1-14(2,3)12-7-11(17(4)16-12)13(19)18-6-5-10(8-15)9-18;/h7,10H,5-6,8-9,15H2,1-4H3;1H. The molecule has 0 aromatic carbocycles. The molecule has 6 heteroatoms. The summed E-state index contributed by atoms with van der Waals surface area (Å²) in [6, 6.07) is 1.91. The molecule has 1 aromatic rings. The first kappa shape index (κ1) is 17.0. The maximum atomic E-state index is 12.5. The molecule has 1 unspecified atom stereocenters. The quantitative estimate of drug-likeness (QED) is 0.901. The molecule has 2 rings (SSSR count). The Morgan fingerprint density at radius 1 is 1.50 bits per heavy atom. The molecule has 114 valence electrons. The van der Waals surface area contributed by atoms with Crippen LogP contribution in [-0.4, -0.2) is 40.2 Å². The fourth-order valence-electron chi connectivity index (χ4n) is 2.41. The van der Waals surface area contributed by atoms with Crippen molar-refractivity contribution in [3.8, 4) is 0 Å². The van der Waals surface area contributed by atoms with Gasteiger partial charge in [0.15, 0.2) is 0 Å². The third-order valence-corrected chi connectivity index (χ3v) is 3.77. The molecular weight excluding hydrogens is 276 g/mol. The summed E-state index contributed by atoms with van der Waals surface area (Å²) >= 11 is 0. The van der Waals surface area contributed by atoms with Crippen LogP contribution in [0.1, 0.15) is 43.4 Å². The van der Waals surface area contributed by atoms with Crippen molar-refractivity contribution in [2.45, 2.75) is 32.6 Å². The smallest absolute Gasteiger partial charge is 0.272 e. The second-order valence-electron chi connectivity index (χ2n) is 6.43. The van der Waals surface area contributed by atoms with Gasteiger partial charge in [-0.05, 0) is 24.9 Å². The van der Waals surface area contributed by atoms with E-state index in [1.165, 1.54) is 0 Å². The van der Waals surface area contributed by atoms with E-state index in [0.29, 0.717) is 18.2 Å². The van der Waals surface area contributed by atoms with E-state index < -0.39 is 0 Å². The summed E-state index contributed by atoms with van der Waals surface area (Å²) in [6.07, 6.45) is 1.01. The Kier molecular flexibility index (Phi) is 5.21. The van der Waals surface area contributed by atoms with Gasteiger partial charge in [-0.25, -0.2) is 0 Å². The molecule has 1 atom stereocenters. The van der Waals surface area contributed by atoms with E-state index in [0.717, 1.165) is 25.2 Å². The minimum absolute atomic E-state index is 0. The molecule has 2 heterocycles. The van der Waals surface area contributed by atoms with Crippen LogP contribution in [0, 0.1) is 5.92 Å². The molecule has 2 N–H and O–H groups in total. The average Bonchev–Trinajstić information content (AvgIpc) is 2.93. The summed E-state index contributed by atoms with van der Waals surface area (Å²) < 4.78 is 1.69. The first-order valence-corrected chi connectivity index (χ1v) is 6.86. The van der Waals surface area contributed by atoms with E-state index in [-0.39, 0.29) is 23.7 Å². The third kappa shape index (κ3) is 3.33. The molecule has 1 aliphatic heterocycles. The number of halogens is 1. The van der Waals surface area contributed by atoms with Gasteiger partial charge in [0.05, 0.1) is 5.69 Å². The molecule has 5 nitrogen and oxygen atoms in total. The van der Waals surface area contributed by atoms with Crippen LogP contribution in [-0.2, 0) is 12.5 Å². The van der Waals surface area contributed by atoms with Gasteiger partial charge in [0, 0.05) is 25.6 Å². The van der Waals surface area contributed by atoms with Crippen molar-refractivity contribution < 1.29 is 4.79 Å². The van der Waals surface area contributed by atoms with E-state index in [1.54, 1.807) is 4.68 Å². The van der Waals surface area contributed by atoms with E-state index in [2.05, 4.69) is 25.9 Å². The van der Waals surface area contributed by atoms with Crippen LogP contribution in [0.4, 0.5) is 0 Å². The lowest BCUT2D eigenvalue weighted by atomic mass is 9.92. The third-order valence-electron chi connectivity index (χ3n) is 3.77. The van der Waals surface area contributed by atoms with Crippen molar-refractivity contribution in [1.29, 1.82) is 0 Å². The predicted molar refractivity (Wildman–Crippen MR) is 82.2 cm³/mol. The molecule has 0 radical (unpaired) electrons. The van der Waals surface area contributed by atoms with Crippen LogP contribution >= 0.6 is 12.4 Å². The molecule has 0 bridgehead atoms. The van der Waals surface area contributed by atoms with E-state index in [9.17, 15) is 4.79 Å². The molecule has 1 aromatic heterocycles. The molecule has 20 heavy (non-hydrogen) atoms. The summed E-state index contributed by atoms with van der Waals surface area (Å²) in [5.74, 6) is 0.515. The topological polar surface area (TPSA) is 64.2 Å². The van der Waals surface area contributed by atoms with Crippen LogP contribution in [0.5, 0.6) is 0 Å². The average molecular weight is 301 g/mol. The number of nitrogens with zero attached hydrogens (tertiary/aromatic N) is 3. The largest absolute Gasteiger partial charge is 0.337 e. The zero-order valence-corrected chi connectivity index (χ0v) is 13.5. The molecule has 1 saturated heterocycles. The van der Waals surface area contributed by atoms with Gasteiger partial charge in [-0.3, -0.25) is 9.48 Å². The molecule has 0 aliphatic carbocycles. The Labute approximate surface area is 126 Å². The highest BCUT2D eigenvalue weighted by atomic mass is 35.5. The number of nitrogens with two attached hydrogens (primary N) is 1. The SMILES string of the molecule is Cl.Cn1nc(C(C)(C)C)cc1C(=O)N1CCC(CN)C1. The molecule has 1 aliphatic rings. The van der Waals surface area contributed by atoms with Gasteiger partial charge < -0.3 is 10.6 Å². The van der Waals surface area contributed by atoms with Crippen molar-refractivity contribution >= 4 is 18.3 Å². The summed E-state index contributed by atoms with van der Waals surface area (Å²) in [6.45, 7) is 8.53. The number of hydrogen-bond donors (Lipinski definition) is 1. The first-order valence-electron chi connectivity index (χ1n) is 6.86. The number of likely N-dealkylation sites (tertiary alicyclic amines) is 1. The van der Waals surface area contributed by atoms with Crippen LogP contribution in [0.25, 0.3) is 0 Å². The predicted octanol–water partition coefficient (Wildman–Crippen LogP) is 1.56. The lowest BCUT2D eigenvalue weighted by Crippen LogP contribution is -2.31. The minimum atomic E-state index is -0.0406. The molecule has 1 fully saturated rings. The minimum Gasteiger partial charge on any atom is -0.337 e. The lowest BCUT2D eigenvalue weighted by Gasteiger charge is -2.16. The zero-order valence-electron chi connectivity index (χ0n) is 12.7. The van der Waals surface area contributed by atoms with Crippen LogP contribution in [0.2, 0.25) is 0 Å². The van der Waals surface area contributed by atoms with Crippen molar-refractivity contribution in [2.75, 3.05) is 19.6 Å². The Morgan fingerprint density at radius 3 is 2.60 bits per heavy atom. The monoisotopic (exact) mass is 300 g/mol. The summed E-state index contributed by atoms with van der Waals surface area (Å²) in [4.78, 5) is 14.4. The van der Waals surface area contributed by atoms with Gasteiger partial charge in [-0.15, -0.1) is 12.4 Å². The fraction of sp³-hybridized carbons (Fsp3) is 0.714. The molecule has 0 spiro atoms. The lowest BCUT2D eigenvalue weighted by molar-refractivity contribution is 0.0777. The van der Waals surface area contributed by atoms with Gasteiger partial charge >= 0.3 is 0 Å². The van der Waals surface area contributed by atoms with Crippen LogP contribution in [0.15, 0.2) is 6.07 Å². The second-order valence-corrected chi connectivity index (χ2v) is 6.43. The first-order chi connectivity index (χ1) is 8.82. The van der Waals surface area contributed by atoms with Crippen molar-refractivity contribution in [3.05, 3.63) is 17.5 Å². The number of carbonyl (C=O) groups is 1. The summed E-state index contributed by atoms with van der Waals surface area (Å²) in [5, 5.41) is 4.46. The van der Waals surface area contributed by atoms with E-state index in [1.807, 2.05) is 18.0 Å². The highest BCUT2D eigenvalue weighted by Gasteiger charge is 2.29. The van der Waals surface area contributed by atoms with E-state index >= 15 is 0 Å². The summed E-state index contributed by atoms with van der Waals surface area (Å²) in [7, 11) is 1.83. The van der Waals surface area contributed by atoms with Gasteiger partial charge in [0.25, 0.3) is 5.91 Å². The van der Waals surface area contributed by atoms with Gasteiger partial charge in [0.2, 0.25) is 0 Å². The van der Waals surface area contributed by atoms with Gasteiger partial charge in [-0.1, -0.05) is 20.8 Å². The van der Waals surface area contributed by atoms with Crippen molar-refractivity contribution in [1.82, 2.24) is 14.7 Å².